The molecule has 96 valence electrons. The number of nitrogens with one attached hydrogen (secondary N) is 1. The molecule has 5 nitrogen and oxygen atoms in total. The van der Waals surface area contributed by atoms with Gasteiger partial charge in [-0.2, -0.15) is 0 Å². The lowest BCUT2D eigenvalue weighted by Gasteiger charge is -2.30. The summed E-state index contributed by atoms with van der Waals surface area (Å²) in [5, 5.41) is 11.9. The highest BCUT2D eigenvalue weighted by Gasteiger charge is 2.16. The van der Waals surface area contributed by atoms with Gasteiger partial charge in [0, 0.05) is 26.2 Å². The van der Waals surface area contributed by atoms with E-state index in [1.165, 1.54) is 0 Å². The minimum atomic E-state index is 0.107. The summed E-state index contributed by atoms with van der Waals surface area (Å²) in [4.78, 5) is 2.29. The Hall–Kier alpha value is -0.200. The fourth-order valence-electron chi connectivity index (χ4n) is 1.72. The predicted molar refractivity (Wildman–Crippen MR) is 62.6 cm³/mol. The number of morpholine rings is 1. The Morgan fingerprint density at radius 3 is 3.12 bits per heavy atom. The minimum Gasteiger partial charge on any atom is -0.394 e. The summed E-state index contributed by atoms with van der Waals surface area (Å²) in [5.41, 5.74) is 0. The standard InChI is InChI=1S/C11H24N2O3/c1-13-4-7-16-11(10-13)9-12-3-2-6-15-8-5-14/h11-12,14H,2-10H2,1H3. The maximum Gasteiger partial charge on any atom is 0.0826 e. The average Bonchev–Trinajstić information content (AvgIpc) is 2.28. The number of hydrogen-bond donors (Lipinski definition) is 2. The molecular formula is C11H24N2O3. The van der Waals surface area contributed by atoms with Crippen LogP contribution in [0.25, 0.3) is 0 Å². The van der Waals surface area contributed by atoms with Crippen molar-refractivity contribution in [2.45, 2.75) is 12.5 Å². The van der Waals surface area contributed by atoms with Crippen molar-refractivity contribution < 1.29 is 14.6 Å². The molecule has 1 fully saturated rings. The van der Waals surface area contributed by atoms with Crippen molar-refractivity contribution in [3.63, 3.8) is 0 Å². The van der Waals surface area contributed by atoms with Crippen LogP contribution in [0.3, 0.4) is 0 Å². The van der Waals surface area contributed by atoms with E-state index in [1.54, 1.807) is 0 Å². The number of likely N-dealkylation sites (N-methyl/N-ethyl adjacent to an activating group) is 1. The first-order valence-electron chi connectivity index (χ1n) is 6.02. The van der Waals surface area contributed by atoms with Crippen LogP contribution in [0.15, 0.2) is 0 Å². The van der Waals surface area contributed by atoms with Gasteiger partial charge in [0.15, 0.2) is 0 Å². The molecular weight excluding hydrogens is 208 g/mol. The zero-order valence-corrected chi connectivity index (χ0v) is 10.2. The van der Waals surface area contributed by atoms with Gasteiger partial charge < -0.3 is 24.8 Å². The number of ether oxygens (including phenoxy) is 2. The second kappa shape index (κ2) is 8.90. The smallest absolute Gasteiger partial charge is 0.0826 e. The van der Waals surface area contributed by atoms with Crippen molar-refractivity contribution in [3.05, 3.63) is 0 Å². The summed E-state index contributed by atoms with van der Waals surface area (Å²) in [6.07, 6.45) is 1.29. The van der Waals surface area contributed by atoms with Gasteiger partial charge in [-0.25, -0.2) is 0 Å². The number of aliphatic hydroxyl groups is 1. The molecule has 1 aliphatic rings. The van der Waals surface area contributed by atoms with E-state index in [4.69, 9.17) is 14.6 Å². The first-order valence-corrected chi connectivity index (χ1v) is 6.02. The van der Waals surface area contributed by atoms with Crippen LogP contribution < -0.4 is 5.32 Å². The van der Waals surface area contributed by atoms with E-state index in [0.29, 0.717) is 19.3 Å². The Morgan fingerprint density at radius 2 is 2.38 bits per heavy atom. The van der Waals surface area contributed by atoms with Crippen LogP contribution in [0.2, 0.25) is 0 Å². The minimum absolute atomic E-state index is 0.107. The van der Waals surface area contributed by atoms with E-state index >= 15 is 0 Å². The summed E-state index contributed by atoms with van der Waals surface area (Å²) in [6, 6.07) is 0. The summed E-state index contributed by atoms with van der Waals surface area (Å²) in [7, 11) is 2.12. The van der Waals surface area contributed by atoms with Gasteiger partial charge in [-0.15, -0.1) is 0 Å². The third-order valence-electron chi connectivity index (χ3n) is 2.59. The van der Waals surface area contributed by atoms with Gasteiger partial charge in [0.25, 0.3) is 0 Å². The number of aliphatic hydroxyl groups excluding tert-OH is 1. The second-order valence-corrected chi connectivity index (χ2v) is 4.15. The zero-order chi connectivity index (χ0) is 11.6. The lowest BCUT2D eigenvalue weighted by molar-refractivity contribution is -0.0182. The molecule has 1 atom stereocenters. The number of rotatable bonds is 8. The van der Waals surface area contributed by atoms with Gasteiger partial charge in [-0.1, -0.05) is 0 Å². The summed E-state index contributed by atoms with van der Waals surface area (Å²) < 4.78 is 10.8. The average molecular weight is 232 g/mol. The predicted octanol–water partition coefficient (Wildman–Crippen LogP) is -0.694. The van der Waals surface area contributed by atoms with Gasteiger partial charge >= 0.3 is 0 Å². The molecule has 1 heterocycles. The van der Waals surface area contributed by atoms with Crippen LogP contribution in [0.1, 0.15) is 6.42 Å². The molecule has 1 unspecified atom stereocenters. The molecule has 2 N–H and O–H groups in total. The molecule has 0 spiro atoms. The van der Waals surface area contributed by atoms with Crippen LogP contribution in [0.4, 0.5) is 0 Å². The molecule has 0 amide bonds. The van der Waals surface area contributed by atoms with Crippen molar-refractivity contribution in [1.82, 2.24) is 10.2 Å². The van der Waals surface area contributed by atoms with E-state index in [0.717, 1.165) is 39.2 Å². The van der Waals surface area contributed by atoms with E-state index in [9.17, 15) is 0 Å². The quantitative estimate of drug-likeness (QED) is 0.542. The normalized spacial score (nSPS) is 22.5. The molecule has 5 heteroatoms. The molecule has 0 aliphatic carbocycles. The lowest BCUT2D eigenvalue weighted by Crippen LogP contribution is -2.45. The number of nitrogens with zero attached hydrogens (tertiary/aromatic N) is 1. The lowest BCUT2D eigenvalue weighted by atomic mass is 10.3. The van der Waals surface area contributed by atoms with Crippen molar-refractivity contribution in [1.29, 1.82) is 0 Å². The molecule has 1 rings (SSSR count). The highest BCUT2D eigenvalue weighted by molar-refractivity contribution is 4.70. The maximum atomic E-state index is 8.50. The van der Waals surface area contributed by atoms with Crippen molar-refractivity contribution >= 4 is 0 Å². The van der Waals surface area contributed by atoms with E-state index < -0.39 is 0 Å². The van der Waals surface area contributed by atoms with Crippen molar-refractivity contribution in [2.75, 3.05) is 59.7 Å². The van der Waals surface area contributed by atoms with Gasteiger partial charge in [-0.3, -0.25) is 0 Å². The Labute approximate surface area is 97.7 Å². The van der Waals surface area contributed by atoms with E-state index in [2.05, 4.69) is 17.3 Å². The third kappa shape index (κ3) is 6.40. The molecule has 0 radical (unpaired) electrons. The topological polar surface area (TPSA) is 54.0 Å². The Kier molecular flexibility index (Phi) is 7.71. The monoisotopic (exact) mass is 232 g/mol. The SMILES string of the molecule is CN1CCOC(CNCCCOCCO)C1. The van der Waals surface area contributed by atoms with Crippen molar-refractivity contribution in [2.24, 2.45) is 0 Å². The van der Waals surface area contributed by atoms with Gasteiger partial charge in [-0.05, 0) is 20.0 Å². The van der Waals surface area contributed by atoms with Crippen LogP contribution in [0, 0.1) is 0 Å². The molecule has 1 saturated heterocycles. The largest absolute Gasteiger partial charge is 0.394 e. The Balaban J connectivity index is 1.86. The van der Waals surface area contributed by atoms with Crippen LogP contribution >= 0.6 is 0 Å². The molecule has 0 aromatic rings. The zero-order valence-electron chi connectivity index (χ0n) is 10.2. The maximum absolute atomic E-state index is 8.50. The molecule has 0 aromatic heterocycles. The van der Waals surface area contributed by atoms with Crippen LogP contribution in [0.5, 0.6) is 0 Å². The number of hydrogen-bond acceptors (Lipinski definition) is 5. The highest BCUT2D eigenvalue weighted by atomic mass is 16.5. The molecule has 0 aromatic carbocycles. The third-order valence-corrected chi connectivity index (χ3v) is 2.59. The van der Waals surface area contributed by atoms with E-state index in [-0.39, 0.29) is 6.61 Å². The summed E-state index contributed by atoms with van der Waals surface area (Å²) in [5.74, 6) is 0. The first kappa shape index (κ1) is 13.9. The van der Waals surface area contributed by atoms with Gasteiger partial charge in [0.2, 0.25) is 0 Å². The molecule has 16 heavy (non-hydrogen) atoms. The van der Waals surface area contributed by atoms with Crippen LogP contribution in [-0.4, -0.2) is 75.8 Å². The van der Waals surface area contributed by atoms with E-state index in [1.807, 2.05) is 0 Å². The van der Waals surface area contributed by atoms with Gasteiger partial charge in [0.1, 0.15) is 0 Å². The fraction of sp³-hybridized carbons (Fsp3) is 1.00. The first-order chi connectivity index (χ1) is 7.83. The fourth-order valence-corrected chi connectivity index (χ4v) is 1.72. The van der Waals surface area contributed by atoms with Crippen molar-refractivity contribution in [3.8, 4) is 0 Å². The molecule has 0 saturated carbocycles. The second-order valence-electron chi connectivity index (χ2n) is 4.15. The molecule has 1 aliphatic heterocycles. The Morgan fingerprint density at radius 1 is 1.50 bits per heavy atom. The Bertz CT molecular complexity index is 169. The van der Waals surface area contributed by atoms with Gasteiger partial charge in [0.05, 0.1) is 25.9 Å². The summed E-state index contributed by atoms with van der Waals surface area (Å²) in [6.45, 7) is 5.98. The van der Waals surface area contributed by atoms with Crippen LogP contribution in [-0.2, 0) is 9.47 Å². The highest BCUT2D eigenvalue weighted by Crippen LogP contribution is 2.01. The summed E-state index contributed by atoms with van der Waals surface area (Å²) >= 11 is 0. The molecule has 0 bridgehead atoms.